The second kappa shape index (κ2) is 8.34. The van der Waals surface area contributed by atoms with Crippen molar-refractivity contribution in [1.29, 1.82) is 0 Å². The summed E-state index contributed by atoms with van der Waals surface area (Å²) in [5.41, 5.74) is 3.82. The highest BCUT2D eigenvalue weighted by Crippen LogP contribution is 2.34. The summed E-state index contributed by atoms with van der Waals surface area (Å²) in [5, 5.41) is 4.43. The van der Waals surface area contributed by atoms with Gasteiger partial charge in [0.1, 0.15) is 12.4 Å². The molecule has 5 nitrogen and oxygen atoms in total. The fourth-order valence-electron chi connectivity index (χ4n) is 3.67. The van der Waals surface area contributed by atoms with Crippen LogP contribution in [0.4, 0.5) is 0 Å². The van der Waals surface area contributed by atoms with Crippen LogP contribution in [0.1, 0.15) is 26.9 Å². The summed E-state index contributed by atoms with van der Waals surface area (Å²) < 4.78 is 5.95. The molecule has 0 bridgehead atoms. The lowest BCUT2D eigenvalue weighted by Crippen LogP contribution is -2.34. The van der Waals surface area contributed by atoms with Crippen molar-refractivity contribution in [2.45, 2.75) is 18.0 Å². The molecule has 1 aliphatic rings. The highest BCUT2D eigenvalue weighted by Gasteiger charge is 2.32. The second-order valence-electron chi connectivity index (χ2n) is 7.27. The Morgan fingerprint density at radius 2 is 2.03 bits per heavy atom. The Balaban J connectivity index is 1.33. The lowest BCUT2D eigenvalue weighted by molar-refractivity contribution is 0.0957. The lowest BCUT2D eigenvalue weighted by atomic mass is 10.0. The van der Waals surface area contributed by atoms with Crippen molar-refractivity contribution in [3.8, 4) is 5.75 Å². The SMILES string of the molecule is O=C(c1c[nH]c2ccc(OCc3ccccc3)cc12)[C@@H]1CS[C@@H](c2cccnc2)N1. The van der Waals surface area contributed by atoms with E-state index in [4.69, 9.17) is 4.74 Å². The molecule has 1 aliphatic heterocycles. The Kier molecular flexibility index (Phi) is 5.26. The molecule has 2 atom stereocenters. The van der Waals surface area contributed by atoms with Crippen molar-refractivity contribution in [3.05, 3.63) is 95.9 Å². The van der Waals surface area contributed by atoms with Crippen molar-refractivity contribution in [2.24, 2.45) is 0 Å². The molecule has 2 aromatic carbocycles. The molecule has 0 radical (unpaired) electrons. The average Bonchev–Trinajstić information content (AvgIpc) is 3.46. The van der Waals surface area contributed by atoms with Gasteiger partial charge in [-0.1, -0.05) is 36.4 Å². The van der Waals surface area contributed by atoms with Crippen LogP contribution in [0, 0.1) is 0 Å². The molecule has 0 spiro atoms. The maximum absolute atomic E-state index is 13.2. The van der Waals surface area contributed by atoms with Crippen LogP contribution in [0.5, 0.6) is 5.75 Å². The third-order valence-corrected chi connectivity index (χ3v) is 6.52. The average molecular weight is 416 g/mol. The van der Waals surface area contributed by atoms with E-state index in [0.29, 0.717) is 12.2 Å². The number of ether oxygens (including phenoxy) is 1. The molecule has 0 unspecified atom stereocenters. The van der Waals surface area contributed by atoms with Crippen LogP contribution in [0.3, 0.4) is 0 Å². The van der Waals surface area contributed by atoms with Gasteiger partial charge in [-0.15, -0.1) is 11.8 Å². The minimum atomic E-state index is -0.229. The minimum absolute atomic E-state index is 0.0858. The van der Waals surface area contributed by atoms with Gasteiger partial charge in [-0.2, -0.15) is 0 Å². The number of hydrogen-bond donors (Lipinski definition) is 2. The number of aromatic nitrogens is 2. The summed E-state index contributed by atoms with van der Waals surface area (Å²) in [4.78, 5) is 20.6. The van der Waals surface area contributed by atoms with E-state index < -0.39 is 0 Å². The molecule has 6 heteroatoms. The number of rotatable bonds is 6. The largest absolute Gasteiger partial charge is 0.489 e. The molecule has 1 fully saturated rings. The smallest absolute Gasteiger partial charge is 0.182 e. The van der Waals surface area contributed by atoms with Crippen LogP contribution in [0.15, 0.2) is 79.3 Å². The van der Waals surface area contributed by atoms with Crippen LogP contribution >= 0.6 is 11.8 Å². The first kappa shape index (κ1) is 18.9. The maximum Gasteiger partial charge on any atom is 0.182 e. The van der Waals surface area contributed by atoms with Gasteiger partial charge in [0.15, 0.2) is 5.78 Å². The number of hydrogen-bond acceptors (Lipinski definition) is 5. The Morgan fingerprint density at radius 3 is 2.87 bits per heavy atom. The van der Waals surface area contributed by atoms with Crippen LogP contribution in [0.2, 0.25) is 0 Å². The summed E-state index contributed by atoms with van der Waals surface area (Å²) in [7, 11) is 0. The van der Waals surface area contributed by atoms with Gasteiger partial charge >= 0.3 is 0 Å². The number of carbonyl (C=O) groups excluding carboxylic acids is 1. The number of H-pyrrole nitrogens is 1. The number of thioether (sulfide) groups is 1. The molecule has 2 N–H and O–H groups in total. The Hall–Kier alpha value is -3.09. The van der Waals surface area contributed by atoms with Crippen molar-refractivity contribution in [2.75, 3.05) is 5.75 Å². The van der Waals surface area contributed by atoms with Crippen molar-refractivity contribution >= 4 is 28.4 Å². The van der Waals surface area contributed by atoms with Gasteiger partial charge in [0.05, 0.1) is 11.4 Å². The maximum atomic E-state index is 13.2. The van der Waals surface area contributed by atoms with E-state index in [1.54, 1.807) is 24.2 Å². The van der Waals surface area contributed by atoms with E-state index in [1.807, 2.05) is 66.9 Å². The van der Waals surface area contributed by atoms with Gasteiger partial charge in [0.2, 0.25) is 0 Å². The zero-order chi connectivity index (χ0) is 20.3. The quantitative estimate of drug-likeness (QED) is 0.446. The first-order chi connectivity index (χ1) is 14.8. The van der Waals surface area contributed by atoms with Crippen LogP contribution < -0.4 is 10.1 Å². The Labute approximate surface area is 178 Å². The summed E-state index contributed by atoms with van der Waals surface area (Å²) in [6.07, 6.45) is 5.41. The number of pyridine rings is 1. The van der Waals surface area contributed by atoms with Crippen LogP contribution in [0.25, 0.3) is 10.9 Å². The summed E-state index contributed by atoms with van der Waals surface area (Å²) >= 11 is 1.74. The monoisotopic (exact) mass is 415 g/mol. The molecule has 5 rings (SSSR count). The standard InChI is InChI=1S/C24H21N3O2S/c28-23(22-15-30-24(27-22)17-7-4-10-25-12-17)20-13-26-21-9-8-18(11-19(20)21)29-14-16-5-2-1-3-6-16/h1-13,22,24,26-27H,14-15H2/t22-,24-/m0/s1. The third-order valence-electron chi connectivity index (χ3n) is 5.25. The van der Waals surface area contributed by atoms with E-state index in [-0.39, 0.29) is 17.2 Å². The van der Waals surface area contributed by atoms with Crippen molar-refractivity contribution < 1.29 is 9.53 Å². The molecular formula is C24H21N3O2S. The molecule has 1 saturated heterocycles. The number of fused-ring (bicyclic) bond motifs is 1. The fraction of sp³-hybridized carbons (Fsp3) is 0.167. The Morgan fingerprint density at radius 1 is 1.13 bits per heavy atom. The molecule has 3 heterocycles. The van der Waals surface area contributed by atoms with E-state index >= 15 is 0 Å². The predicted octanol–water partition coefficient (Wildman–Crippen LogP) is 4.73. The number of benzene rings is 2. The lowest BCUT2D eigenvalue weighted by Gasteiger charge is -2.12. The van der Waals surface area contributed by atoms with Crippen LogP contribution in [-0.2, 0) is 6.61 Å². The predicted molar refractivity (Wildman–Crippen MR) is 120 cm³/mol. The zero-order valence-electron chi connectivity index (χ0n) is 16.2. The number of Topliss-reactive ketones (excluding diaryl/α,β-unsaturated/α-hetero) is 1. The van der Waals surface area contributed by atoms with Crippen LogP contribution in [-0.4, -0.2) is 27.5 Å². The highest BCUT2D eigenvalue weighted by atomic mass is 32.2. The summed E-state index contributed by atoms with van der Waals surface area (Å²) in [5.74, 6) is 1.58. The number of nitrogens with zero attached hydrogens (tertiary/aromatic N) is 1. The molecule has 30 heavy (non-hydrogen) atoms. The van der Waals surface area contributed by atoms with Gasteiger partial charge in [-0.25, -0.2) is 0 Å². The number of carbonyl (C=O) groups is 1. The third kappa shape index (κ3) is 3.84. The molecule has 0 amide bonds. The normalized spacial score (nSPS) is 18.5. The molecule has 2 aromatic heterocycles. The van der Waals surface area contributed by atoms with E-state index in [2.05, 4.69) is 15.3 Å². The number of aromatic amines is 1. The van der Waals surface area contributed by atoms with Crippen molar-refractivity contribution in [1.82, 2.24) is 15.3 Å². The van der Waals surface area contributed by atoms with E-state index in [9.17, 15) is 4.79 Å². The van der Waals surface area contributed by atoms with Gasteiger partial charge in [-0.3, -0.25) is 15.1 Å². The highest BCUT2D eigenvalue weighted by molar-refractivity contribution is 7.99. The second-order valence-corrected chi connectivity index (χ2v) is 8.41. The van der Waals surface area contributed by atoms with Gasteiger partial charge in [-0.05, 0) is 35.4 Å². The Bertz CT molecular complexity index is 1160. The molecular weight excluding hydrogens is 394 g/mol. The molecule has 150 valence electrons. The van der Waals surface area contributed by atoms with Gasteiger partial charge in [0.25, 0.3) is 0 Å². The van der Waals surface area contributed by atoms with Gasteiger partial charge in [0, 0.05) is 40.8 Å². The number of nitrogens with one attached hydrogen (secondary N) is 2. The van der Waals surface area contributed by atoms with E-state index in [1.165, 1.54) is 0 Å². The number of ketones is 1. The summed E-state index contributed by atoms with van der Waals surface area (Å²) in [6.45, 7) is 0.494. The molecule has 4 aromatic rings. The van der Waals surface area contributed by atoms with Gasteiger partial charge < -0.3 is 9.72 Å². The topological polar surface area (TPSA) is 67.0 Å². The first-order valence-electron chi connectivity index (χ1n) is 9.87. The molecule has 0 aliphatic carbocycles. The minimum Gasteiger partial charge on any atom is -0.489 e. The summed E-state index contributed by atoms with van der Waals surface area (Å²) in [6, 6.07) is 19.6. The zero-order valence-corrected chi connectivity index (χ0v) is 17.1. The van der Waals surface area contributed by atoms with Crippen molar-refractivity contribution in [3.63, 3.8) is 0 Å². The molecule has 0 saturated carbocycles. The van der Waals surface area contributed by atoms with E-state index in [0.717, 1.165) is 33.5 Å². The first-order valence-corrected chi connectivity index (χ1v) is 10.9. The fourth-order valence-corrected chi connectivity index (χ4v) is 4.89.